The molecule has 0 unspecified atom stereocenters. The highest BCUT2D eigenvalue weighted by molar-refractivity contribution is 6.02. The molecule has 0 bridgehead atoms. The summed E-state index contributed by atoms with van der Waals surface area (Å²) in [5.41, 5.74) is 1.57. The average Bonchev–Trinajstić information content (AvgIpc) is 2.88. The quantitative estimate of drug-likeness (QED) is 0.780. The maximum atomic E-state index is 12.3. The Balaban J connectivity index is 0.00000147. The fourth-order valence-corrected chi connectivity index (χ4v) is 2.31. The van der Waals surface area contributed by atoms with Gasteiger partial charge in [-0.2, -0.15) is 5.10 Å². The van der Waals surface area contributed by atoms with Crippen LogP contribution < -0.4 is 10.6 Å². The number of halogens is 1. The minimum absolute atomic E-state index is 0. The molecular weight excluding hydrogens is 280 g/mol. The zero-order valence-electron chi connectivity index (χ0n) is 11.1. The number of hydrogen-bond donors (Lipinski definition) is 3. The fraction of sp³-hybridized carbons (Fsp3) is 0.385. The zero-order valence-corrected chi connectivity index (χ0v) is 11.9. The lowest BCUT2D eigenvalue weighted by molar-refractivity contribution is -0.123. The SMILES string of the molecule is C[C@H]1OCCN[C@@H]1C(=O)Nc1cccc2cn[nH]c12.Cl. The van der Waals surface area contributed by atoms with E-state index in [4.69, 9.17) is 4.74 Å². The Morgan fingerprint density at radius 1 is 1.50 bits per heavy atom. The van der Waals surface area contributed by atoms with Crippen LogP contribution in [0.5, 0.6) is 0 Å². The molecule has 20 heavy (non-hydrogen) atoms. The van der Waals surface area contributed by atoms with Gasteiger partial charge in [-0.25, -0.2) is 0 Å². The molecule has 7 heteroatoms. The molecule has 2 aromatic rings. The molecule has 3 rings (SSSR count). The number of H-pyrrole nitrogens is 1. The Labute approximate surface area is 122 Å². The lowest BCUT2D eigenvalue weighted by Crippen LogP contribution is -2.53. The number of ether oxygens (including phenoxy) is 1. The van der Waals surface area contributed by atoms with Crippen LogP contribution in [-0.4, -0.2) is 41.4 Å². The standard InChI is InChI=1S/C13H16N4O2.ClH/c1-8-11(14-5-6-19-8)13(18)16-10-4-2-3-9-7-15-17-12(9)10;/h2-4,7-8,11,14H,5-6H2,1H3,(H,15,17)(H,16,18);1H/t8-,11+;/m1./s1. The third kappa shape index (κ3) is 2.77. The maximum absolute atomic E-state index is 12.3. The molecule has 1 aliphatic rings. The Kier molecular flexibility index (Phi) is 4.59. The first-order valence-electron chi connectivity index (χ1n) is 6.33. The van der Waals surface area contributed by atoms with Gasteiger partial charge in [0, 0.05) is 11.9 Å². The summed E-state index contributed by atoms with van der Waals surface area (Å²) < 4.78 is 5.48. The number of aromatic amines is 1. The van der Waals surface area contributed by atoms with Gasteiger partial charge < -0.3 is 15.4 Å². The molecule has 3 N–H and O–H groups in total. The summed E-state index contributed by atoms with van der Waals surface area (Å²) in [7, 11) is 0. The Morgan fingerprint density at radius 3 is 3.15 bits per heavy atom. The highest BCUT2D eigenvalue weighted by atomic mass is 35.5. The van der Waals surface area contributed by atoms with E-state index in [1.165, 1.54) is 0 Å². The van der Waals surface area contributed by atoms with E-state index in [0.717, 1.165) is 16.6 Å². The number of fused-ring (bicyclic) bond motifs is 1. The van der Waals surface area contributed by atoms with Crippen molar-refractivity contribution >= 4 is 34.9 Å². The Bertz CT molecular complexity index is 601. The van der Waals surface area contributed by atoms with E-state index in [1.54, 1.807) is 6.20 Å². The molecule has 0 aliphatic carbocycles. The van der Waals surface area contributed by atoms with Crippen LogP contribution >= 0.6 is 12.4 Å². The zero-order chi connectivity index (χ0) is 13.2. The number of anilines is 1. The molecule has 0 spiro atoms. The van der Waals surface area contributed by atoms with Gasteiger partial charge in [-0.15, -0.1) is 12.4 Å². The number of benzene rings is 1. The van der Waals surface area contributed by atoms with Gasteiger partial charge in [-0.05, 0) is 13.0 Å². The summed E-state index contributed by atoms with van der Waals surface area (Å²) in [4.78, 5) is 12.3. The van der Waals surface area contributed by atoms with Crippen LogP contribution in [0, 0.1) is 0 Å². The number of nitrogens with one attached hydrogen (secondary N) is 3. The third-order valence-corrected chi connectivity index (χ3v) is 3.33. The van der Waals surface area contributed by atoms with Crippen molar-refractivity contribution in [3.8, 4) is 0 Å². The van der Waals surface area contributed by atoms with Crippen molar-refractivity contribution in [3.05, 3.63) is 24.4 Å². The first-order valence-corrected chi connectivity index (χ1v) is 6.33. The minimum atomic E-state index is -0.327. The number of morpholine rings is 1. The van der Waals surface area contributed by atoms with E-state index >= 15 is 0 Å². The van der Waals surface area contributed by atoms with Gasteiger partial charge in [0.05, 0.1) is 30.1 Å². The van der Waals surface area contributed by atoms with Gasteiger partial charge in [0.2, 0.25) is 5.91 Å². The van der Waals surface area contributed by atoms with Crippen LogP contribution in [0.2, 0.25) is 0 Å². The molecule has 0 radical (unpaired) electrons. The predicted octanol–water partition coefficient (Wildman–Crippen LogP) is 1.30. The Morgan fingerprint density at radius 2 is 2.35 bits per heavy atom. The molecule has 1 amide bonds. The number of para-hydroxylation sites is 1. The normalized spacial score (nSPS) is 22.2. The third-order valence-electron chi connectivity index (χ3n) is 3.33. The maximum Gasteiger partial charge on any atom is 0.244 e. The van der Waals surface area contributed by atoms with E-state index in [2.05, 4.69) is 20.8 Å². The smallest absolute Gasteiger partial charge is 0.244 e. The molecule has 6 nitrogen and oxygen atoms in total. The van der Waals surface area contributed by atoms with Crippen molar-refractivity contribution in [1.29, 1.82) is 0 Å². The van der Waals surface area contributed by atoms with Gasteiger partial charge in [0.15, 0.2) is 0 Å². The summed E-state index contributed by atoms with van der Waals surface area (Å²) >= 11 is 0. The molecular formula is C13H17ClN4O2. The number of amides is 1. The lowest BCUT2D eigenvalue weighted by atomic mass is 10.1. The number of nitrogens with zero attached hydrogens (tertiary/aromatic N) is 1. The average molecular weight is 297 g/mol. The second-order valence-electron chi connectivity index (χ2n) is 4.64. The molecule has 0 saturated carbocycles. The van der Waals surface area contributed by atoms with Crippen LogP contribution in [0.3, 0.4) is 0 Å². The molecule has 1 aliphatic heterocycles. The number of aromatic nitrogens is 2. The Hall–Kier alpha value is -1.63. The van der Waals surface area contributed by atoms with Gasteiger partial charge in [0.25, 0.3) is 0 Å². The van der Waals surface area contributed by atoms with E-state index in [-0.39, 0.29) is 30.5 Å². The highest BCUT2D eigenvalue weighted by Crippen LogP contribution is 2.21. The number of carbonyl (C=O) groups excluding carboxylic acids is 1. The number of hydrogen-bond acceptors (Lipinski definition) is 4. The summed E-state index contributed by atoms with van der Waals surface area (Å²) in [6, 6.07) is 5.36. The molecule has 1 fully saturated rings. The second kappa shape index (κ2) is 6.21. The minimum Gasteiger partial charge on any atom is -0.375 e. The van der Waals surface area contributed by atoms with Crippen molar-refractivity contribution < 1.29 is 9.53 Å². The molecule has 108 valence electrons. The number of rotatable bonds is 2. The molecule has 1 aromatic carbocycles. The van der Waals surface area contributed by atoms with Crippen LogP contribution in [0.25, 0.3) is 10.9 Å². The summed E-state index contributed by atoms with van der Waals surface area (Å²) in [6.07, 6.45) is 1.60. The molecule has 1 aromatic heterocycles. The second-order valence-corrected chi connectivity index (χ2v) is 4.64. The van der Waals surface area contributed by atoms with E-state index in [0.29, 0.717) is 13.2 Å². The first-order chi connectivity index (χ1) is 9.25. The van der Waals surface area contributed by atoms with Crippen molar-refractivity contribution in [2.75, 3.05) is 18.5 Å². The lowest BCUT2D eigenvalue weighted by Gasteiger charge is -2.29. The van der Waals surface area contributed by atoms with E-state index in [1.807, 2.05) is 25.1 Å². The van der Waals surface area contributed by atoms with E-state index in [9.17, 15) is 4.79 Å². The predicted molar refractivity (Wildman–Crippen MR) is 79.2 cm³/mol. The number of carbonyl (C=O) groups is 1. The van der Waals surface area contributed by atoms with Crippen molar-refractivity contribution in [2.45, 2.75) is 19.1 Å². The molecule has 1 saturated heterocycles. The molecule has 2 atom stereocenters. The summed E-state index contributed by atoms with van der Waals surface area (Å²) in [6.45, 7) is 3.23. The van der Waals surface area contributed by atoms with E-state index < -0.39 is 0 Å². The fourth-order valence-electron chi connectivity index (χ4n) is 2.31. The first kappa shape index (κ1) is 14.8. The van der Waals surface area contributed by atoms with Gasteiger partial charge in [0.1, 0.15) is 6.04 Å². The van der Waals surface area contributed by atoms with Crippen LogP contribution in [0.15, 0.2) is 24.4 Å². The largest absolute Gasteiger partial charge is 0.375 e. The van der Waals surface area contributed by atoms with Gasteiger partial charge in [-0.1, -0.05) is 12.1 Å². The summed E-state index contributed by atoms with van der Waals surface area (Å²) in [5.74, 6) is -0.0886. The molecule has 2 heterocycles. The van der Waals surface area contributed by atoms with Crippen molar-refractivity contribution in [2.24, 2.45) is 0 Å². The monoisotopic (exact) mass is 296 g/mol. The van der Waals surface area contributed by atoms with Crippen molar-refractivity contribution in [1.82, 2.24) is 15.5 Å². The van der Waals surface area contributed by atoms with Crippen molar-refractivity contribution in [3.63, 3.8) is 0 Å². The summed E-state index contributed by atoms with van der Waals surface area (Å²) in [5, 5.41) is 13.9. The highest BCUT2D eigenvalue weighted by Gasteiger charge is 2.28. The van der Waals surface area contributed by atoms with Crippen LogP contribution in [0.4, 0.5) is 5.69 Å². The van der Waals surface area contributed by atoms with Gasteiger partial charge in [-0.3, -0.25) is 9.89 Å². The van der Waals surface area contributed by atoms with Gasteiger partial charge >= 0.3 is 0 Å². The van der Waals surface area contributed by atoms with Crippen LogP contribution in [-0.2, 0) is 9.53 Å². The van der Waals surface area contributed by atoms with Crippen LogP contribution in [0.1, 0.15) is 6.92 Å². The topological polar surface area (TPSA) is 79.0 Å².